The molecular formula is C20H26N4O4. The van der Waals surface area contributed by atoms with Crippen LogP contribution in [0.5, 0.6) is 0 Å². The van der Waals surface area contributed by atoms with Crippen LogP contribution in [0.25, 0.3) is 10.9 Å². The summed E-state index contributed by atoms with van der Waals surface area (Å²) >= 11 is 0. The Labute approximate surface area is 162 Å². The zero-order valence-electron chi connectivity index (χ0n) is 16.0. The first-order chi connectivity index (χ1) is 13.4. The molecule has 4 N–H and O–H groups in total. The molecule has 8 heteroatoms. The molecule has 28 heavy (non-hydrogen) atoms. The van der Waals surface area contributed by atoms with Gasteiger partial charge < -0.3 is 25.4 Å². The smallest absolute Gasteiger partial charge is 0.258 e. The molecule has 0 bridgehead atoms. The van der Waals surface area contributed by atoms with Gasteiger partial charge in [-0.1, -0.05) is 19.1 Å². The van der Waals surface area contributed by atoms with Crippen LogP contribution in [0.1, 0.15) is 12.7 Å². The van der Waals surface area contributed by atoms with Crippen LogP contribution in [0.3, 0.4) is 0 Å². The monoisotopic (exact) mass is 386 g/mol. The molecule has 0 radical (unpaired) electrons. The van der Waals surface area contributed by atoms with Gasteiger partial charge in [-0.3, -0.25) is 9.59 Å². The Bertz CT molecular complexity index is 945. The van der Waals surface area contributed by atoms with E-state index in [1.807, 2.05) is 13.0 Å². The molecule has 1 amide bonds. The molecule has 8 nitrogen and oxygen atoms in total. The molecule has 2 heterocycles. The minimum atomic E-state index is -0.929. The third-order valence-electron chi connectivity index (χ3n) is 6.38. The first-order valence-corrected chi connectivity index (χ1v) is 9.68. The molecule has 1 saturated carbocycles. The number of benzene rings is 1. The summed E-state index contributed by atoms with van der Waals surface area (Å²) < 4.78 is 0. The highest BCUT2D eigenvalue weighted by molar-refractivity contribution is 5.80. The maximum Gasteiger partial charge on any atom is 0.258 e. The van der Waals surface area contributed by atoms with Crippen LogP contribution in [-0.4, -0.2) is 63.3 Å². The zero-order valence-corrected chi connectivity index (χ0v) is 16.0. The molecule has 1 aromatic heterocycles. The minimum absolute atomic E-state index is 0.0213. The van der Waals surface area contributed by atoms with E-state index < -0.39 is 18.1 Å². The van der Waals surface area contributed by atoms with E-state index in [9.17, 15) is 19.8 Å². The Morgan fingerprint density at radius 3 is 2.71 bits per heavy atom. The first kappa shape index (κ1) is 19.0. The van der Waals surface area contributed by atoms with Crippen LogP contribution in [0, 0.1) is 23.7 Å². The second kappa shape index (κ2) is 7.27. The molecule has 1 aliphatic heterocycles. The third kappa shape index (κ3) is 3.11. The van der Waals surface area contributed by atoms with Crippen molar-refractivity contribution >= 4 is 16.8 Å². The predicted molar refractivity (Wildman–Crippen MR) is 103 cm³/mol. The molecule has 4 rings (SSSR count). The van der Waals surface area contributed by atoms with Gasteiger partial charge in [0.2, 0.25) is 5.91 Å². The molecular weight excluding hydrogens is 360 g/mol. The van der Waals surface area contributed by atoms with Crippen LogP contribution in [0.15, 0.2) is 29.1 Å². The largest absolute Gasteiger partial charge is 0.390 e. The van der Waals surface area contributed by atoms with Crippen LogP contribution >= 0.6 is 0 Å². The Morgan fingerprint density at radius 1 is 1.21 bits per heavy atom. The molecule has 6 atom stereocenters. The summed E-state index contributed by atoms with van der Waals surface area (Å²) in [6, 6.07) is 7.08. The van der Waals surface area contributed by atoms with Crippen molar-refractivity contribution in [1.82, 2.24) is 20.2 Å². The maximum absolute atomic E-state index is 13.2. The third-order valence-corrected chi connectivity index (χ3v) is 6.38. The highest BCUT2D eigenvalue weighted by Crippen LogP contribution is 2.42. The van der Waals surface area contributed by atoms with E-state index in [0.29, 0.717) is 29.8 Å². The molecule has 1 aliphatic carbocycles. The predicted octanol–water partition coefficient (Wildman–Crippen LogP) is -0.295. The molecule has 0 spiro atoms. The fraction of sp³-hybridized carbons (Fsp3) is 0.550. The Morgan fingerprint density at radius 2 is 1.93 bits per heavy atom. The van der Waals surface area contributed by atoms with E-state index in [-0.39, 0.29) is 35.8 Å². The van der Waals surface area contributed by atoms with E-state index in [1.165, 1.54) is 0 Å². The quantitative estimate of drug-likeness (QED) is 0.575. The molecule has 2 aliphatic rings. The second-order valence-corrected chi connectivity index (χ2v) is 8.08. The summed E-state index contributed by atoms with van der Waals surface area (Å²) in [6.07, 6.45) is -1.75. The van der Waals surface area contributed by atoms with Gasteiger partial charge in [-0.15, -0.1) is 0 Å². The number of aliphatic hydroxyl groups excluding tert-OH is 2. The molecule has 2 aromatic rings. The van der Waals surface area contributed by atoms with Gasteiger partial charge in [-0.2, -0.15) is 0 Å². The summed E-state index contributed by atoms with van der Waals surface area (Å²) in [5.74, 6) is -0.581. The second-order valence-electron chi connectivity index (χ2n) is 8.08. The van der Waals surface area contributed by atoms with E-state index in [2.05, 4.69) is 15.3 Å². The van der Waals surface area contributed by atoms with Crippen molar-refractivity contribution in [2.24, 2.45) is 23.7 Å². The van der Waals surface area contributed by atoms with E-state index in [4.69, 9.17) is 0 Å². The highest BCUT2D eigenvalue weighted by atomic mass is 16.3. The molecule has 2 fully saturated rings. The summed E-state index contributed by atoms with van der Waals surface area (Å²) in [4.78, 5) is 34.3. The maximum atomic E-state index is 13.2. The van der Waals surface area contributed by atoms with Crippen molar-refractivity contribution in [3.63, 3.8) is 0 Å². The van der Waals surface area contributed by atoms with Crippen molar-refractivity contribution in [1.29, 1.82) is 0 Å². The lowest BCUT2D eigenvalue weighted by Crippen LogP contribution is -2.55. The van der Waals surface area contributed by atoms with Gasteiger partial charge in [0.05, 0.1) is 29.7 Å². The Kier molecular flexibility index (Phi) is 4.95. The highest BCUT2D eigenvalue weighted by Gasteiger charge is 2.52. The number of aliphatic hydroxyl groups is 2. The van der Waals surface area contributed by atoms with Crippen LogP contribution < -0.4 is 10.9 Å². The number of H-pyrrole nitrogens is 1. The number of nitrogens with one attached hydrogen (secondary N) is 2. The number of rotatable bonds is 3. The van der Waals surface area contributed by atoms with Gasteiger partial charge in [0.15, 0.2) is 0 Å². The van der Waals surface area contributed by atoms with E-state index in [1.54, 1.807) is 30.1 Å². The van der Waals surface area contributed by atoms with Gasteiger partial charge in [-0.05, 0) is 30.5 Å². The van der Waals surface area contributed by atoms with Crippen molar-refractivity contribution in [3.8, 4) is 0 Å². The minimum Gasteiger partial charge on any atom is -0.390 e. The van der Waals surface area contributed by atoms with Crippen LogP contribution in [0.4, 0.5) is 0 Å². The standard InChI is InChI=1S/C20H26N4O4/c1-10-16(12-7-21-8-13(12)18(26)17(10)25)20(28)24(2)9-15-22-14-6-4-3-5-11(14)19(27)23-15/h3-6,10,12-13,16-18,21,25-26H,7-9H2,1-2H3,(H,22,23,27)/t10-,12+,13+,16+,17+,18+/m1/s1. The number of para-hydroxylation sites is 1. The molecule has 0 unspecified atom stereocenters. The number of amides is 1. The number of carbonyl (C=O) groups excluding carboxylic acids is 1. The Hall–Kier alpha value is -2.29. The van der Waals surface area contributed by atoms with E-state index in [0.717, 1.165) is 0 Å². The number of aromatic nitrogens is 2. The van der Waals surface area contributed by atoms with Gasteiger partial charge in [0.25, 0.3) is 5.56 Å². The fourth-order valence-electron chi connectivity index (χ4n) is 4.83. The molecule has 1 aromatic carbocycles. The molecule has 150 valence electrons. The van der Waals surface area contributed by atoms with Crippen molar-refractivity contribution in [3.05, 3.63) is 40.4 Å². The average molecular weight is 386 g/mol. The van der Waals surface area contributed by atoms with Gasteiger partial charge >= 0.3 is 0 Å². The first-order valence-electron chi connectivity index (χ1n) is 9.68. The number of carbonyl (C=O) groups is 1. The normalized spacial score (nSPS) is 32.3. The zero-order chi connectivity index (χ0) is 20.0. The molecule has 1 saturated heterocycles. The lowest BCUT2D eigenvalue weighted by Gasteiger charge is -2.44. The van der Waals surface area contributed by atoms with Crippen molar-refractivity contribution in [2.45, 2.75) is 25.7 Å². The van der Waals surface area contributed by atoms with Gasteiger partial charge in [0, 0.05) is 25.4 Å². The summed E-state index contributed by atoms with van der Waals surface area (Å²) in [7, 11) is 1.68. The van der Waals surface area contributed by atoms with Crippen molar-refractivity contribution in [2.75, 3.05) is 20.1 Å². The van der Waals surface area contributed by atoms with Crippen LogP contribution in [0.2, 0.25) is 0 Å². The average Bonchev–Trinajstić information content (AvgIpc) is 3.15. The Balaban J connectivity index is 1.57. The number of fused-ring (bicyclic) bond motifs is 2. The number of hydrogen-bond donors (Lipinski definition) is 4. The number of nitrogens with zero attached hydrogens (tertiary/aromatic N) is 2. The van der Waals surface area contributed by atoms with Crippen LogP contribution in [-0.2, 0) is 11.3 Å². The summed E-state index contributed by atoms with van der Waals surface area (Å²) in [5.41, 5.74) is 0.359. The summed E-state index contributed by atoms with van der Waals surface area (Å²) in [6.45, 7) is 3.23. The van der Waals surface area contributed by atoms with Gasteiger partial charge in [0.1, 0.15) is 5.82 Å². The topological polar surface area (TPSA) is 119 Å². The lowest BCUT2D eigenvalue weighted by molar-refractivity contribution is -0.154. The lowest BCUT2D eigenvalue weighted by atomic mass is 9.65. The number of hydrogen-bond acceptors (Lipinski definition) is 6. The van der Waals surface area contributed by atoms with Crippen molar-refractivity contribution < 1.29 is 15.0 Å². The van der Waals surface area contributed by atoms with E-state index >= 15 is 0 Å². The number of aromatic amines is 1. The fourth-order valence-corrected chi connectivity index (χ4v) is 4.83. The SMILES string of the molecule is C[C@H]1[C@H](O)[C@@H](O)[C@H]2CNC[C@@H]2[C@H]1C(=O)N(C)Cc1nc2ccccc2c(=O)[nH]1. The summed E-state index contributed by atoms with van der Waals surface area (Å²) in [5, 5.41) is 24.5. The van der Waals surface area contributed by atoms with Gasteiger partial charge in [-0.25, -0.2) is 4.98 Å².